The molecule has 0 aliphatic heterocycles. The number of aliphatic carboxylic acids is 1. The second kappa shape index (κ2) is 5.77. The molecule has 3 nitrogen and oxygen atoms in total. The normalized spacial score (nSPS) is 14.6. The van der Waals surface area contributed by atoms with Crippen LogP contribution in [0.5, 0.6) is 0 Å². The fourth-order valence-electron chi connectivity index (χ4n) is 1.68. The van der Waals surface area contributed by atoms with E-state index in [-0.39, 0.29) is 11.9 Å². The number of halogens is 1. The smallest absolute Gasteiger partial charge is 0.320 e. The Morgan fingerprint density at radius 3 is 2.53 bits per heavy atom. The number of carbonyl (C=O) groups is 1. The van der Waals surface area contributed by atoms with E-state index in [1.54, 1.807) is 37.1 Å². The Hall–Kier alpha value is -1.42. The Balaban J connectivity index is 2.69. The van der Waals surface area contributed by atoms with Crippen LogP contribution in [0.2, 0.25) is 0 Å². The van der Waals surface area contributed by atoms with Gasteiger partial charge in [-0.2, -0.15) is 0 Å². The van der Waals surface area contributed by atoms with Gasteiger partial charge in [-0.1, -0.05) is 18.2 Å². The summed E-state index contributed by atoms with van der Waals surface area (Å²) in [6.07, 6.45) is 0.501. The highest BCUT2D eigenvalue weighted by atomic mass is 19.1. The van der Waals surface area contributed by atoms with Crippen LogP contribution in [0, 0.1) is 5.82 Å². The van der Waals surface area contributed by atoms with Crippen molar-refractivity contribution in [2.75, 3.05) is 7.05 Å². The average Bonchev–Trinajstić information content (AvgIpc) is 2.30. The lowest BCUT2D eigenvalue weighted by molar-refractivity contribution is -0.142. The lowest BCUT2D eigenvalue weighted by Crippen LogP contribution is -2.42. The van der Waals surface area contributed by atoms with E-state index in [0.717, 1.165) is 0 Å². The Kier molecular flexibility index (Phi) is 4.63. The van der Waals surface area contributed by atoms with Gasteiger partial charge < -0.3 is 5.11 Å². The zero-order chi connectivity index (χ0) is 13.0. The number of likely N-dealkylation sites (N-methyl/N-ethyl adjacent to an activating group) is 1. The molecule has 1 N–H and O–H groups in total. The minimum atomic E-state index is -0.868. The van der Waals surface area contributed by atoms with Gasteiger partial charge in [-0.15, -0.1) is 0 Å². The van der Waals surface area contributed by atoms with E-state index < -0.39 is 12.0 Å². The molecule has 0 amide bonds. The van der Waals surface area contributed by atoms with Crippen molar-refractivity contribution in [3.8, 4) is 0 Å². The molecule has 4 heteroatoms. The molecule has 0 aliphatic carbocycles. The predicted molar refractivity (Wildman–Crippen MR) is 64.4 cm³/mol. The maximum absolute atomic E-state index is 13.4. The summed E-state index contributed by atoms with van der Waals surface area (Å²) in [6.45, 7) is 3.52. The van der Waals surface area contributed by atoms with E-state index in [1.807, 2.05) is 6.92 Å². The van der Waals surface area contributed by atoms with E-state index in [9.17, 15) is 9.18 Å². The molecule has 0 radical (unpaired) electrons. The van der Waals surface area contributed by atoms with Crippen LogP contribution in [0.3, 0.4) is 0 Å². The first kappa shape index (κ1) is 13.6. The molecule has 1 rings (SSSR count). The first-order valence-corrected chi connectivity index (χ1v) is 5.61. The summed E-state index contributed by atoms with van der Waals surface area (Å²) < 4.78 is 13.4. The molecule has 2 atom stereocenters. The number of hydrogen-bond acceptors (Lipinski definition) is 2. The van der Waals surface area contributed by atoms with Crippen molar-refractivity contribution >= 4 is 5.97 Å². The zero-order valence-corrected chi connectivity index (χ0v) is 10.4. The van der Waals surface area contributed by atoms with Crippen molar-refractivity contribution in [1.82, 2.24) is 4.90 Å². The second-order valence-corrected chi connectivity index (χ2v) is 4.32. The SMILES string of the molecule is CC(Cc1ccccc1F)N(C)C(C)C(=O)O. The molecule has 0 spiro atoms. The van der Waals surface area contributed by atoms with Crippen molar-refractivity contribution < 1.29 is 14.3 Å². The summed E-state index contributed by atoms with van der Waals surface area (Å²) in [5.74, 6) is -1.11. The van der Waals surface area contributed by atoms with Gasteiger partial charge in [-0.25, -0.2) is 4.39 Å². The van der Waals surface area contributed by atoms with Crippen LogP contribution < -0.4 is 0 Å². The van der Waals surface area contributed by atoms with Gasteiger partial charge in [0.25, 0.3) is 0 Å². The average molecular weight is 239 g/mol. The molecular formula is C13H18FNO2. The minimum absolute atomic E-state index is 0.0296. The van der Waals surface area contributed by atoms with Gasteiger partial charge in [0.15, 0.2) is 0 Å². The first-order chi connectivity index (χ1) is 7.93. The summed E-state index contributed by atoms with van der Waals surface area (Å²) in [5.41, 5.74) is 0.615. The molecule has 2 unspecified atom stereocenters. The maximum atomic E-state index is 13.4. The highest BCUT2D eigenvalue weighted by molar-refractivity contribution is 5.72. The summed E-state index contributed by atoms with van der Waals surface area (Å²) in [7, 11) is 1.74. The number of nitrogens with zero attached hydrogens (tertiary/aromatic N) is 1. The van der Waals surface area contributed by atoms with Gasteiger partial charge in [0.2, 0.25) is 0 Å². The van der Waals surface area contributed by atoms with Crippen LogP contribution in [0.1, 0.15) is 19.4 Å². The fourth-order valence-corrected chi connectivity index (χ4v) is 1.68. The van der Waals surface area contributed by atoms with Crippen LogP contribution in [0.15, 0.2) is 24.3 Å². The maximum Gasteiger partial charge on any atom is 0.320 e. The van der Waals surface area contributed by atoms with Crippen LogP contribution in [0.25, 0.3) is 0 Å². The van der Waals surface area contributed by atoms with E-state index in [0.29, 0.717) is 12.0 Å². The van der Waals surface area contributed by atoms with Gasteiger partial charge in [0.05, 0.1) is 0 Å². The Bertz CT molecular complexity index is 395. The lowest BCUT2D eigenvalue weighted by atomic mass is 10.0. The van der Waals surface area contributed by atoms with E-state index >= 15 is 0 Å². The number of benzene rings is 1. The number of carboxylic acid groups (broad SMARTS) is 1. The quantitative estimate of drug-likeness (QED) is 0.856. The van der Waals surface area contributed by atoms with Crippen LogP contribution in [0.4, 0.5) is 4.39 Å². The highest BCUT2D eigenvalue weighted by Gasteiger charge is 2.22. The molecule has 0 saturated carbocycles. The first-order valence-electron chi connectivity index (χ1n) is 5.61. The Morgan fingerprint density at radius 2 is 2.00 bits per heavy atom. The summed E-state index contributed by atoms with van der Waals surface area (Å²) >= 11 is 0. The van der Waals surface area contributed by atoms with Crippen LogP contribution >= 0.6 is 0 Å². The molecular weight excluding hydrogens is 221 g/mol. The van der Waals surface area contributed by atoms with Gasteiger partial charge in [0, 0.05) is 6.04 Å². The monoisotopic (exact) mass is 239 g/mol. The van der Waals surface area contributed by atoms with Crippen molar-refractivity contribution in [2.45, 2.75) is 32.4 Å². The van der Waals surface area contributed by atoms with Crippen LogP contribution in [-0.4, -0.2) is 35.1 Å². The summed E-state index contributed by atoms with van der Waals surface area (Å²) in [4.78, 5) is 12.6. The van der Waals surface area contributed by atoms with E-state index in [1.165, 1.54) is 6.07 Å². The van der Waals surface area contributed by atoms with Gasteiger partial charge in [0.1, 0.15) is 11.9 Å². The molecule has 94 valence electrons. The predicted octanol–water partition coefficient (Wildman–Crippen LogP) is 2.16. The molecule has 0 bridgehead atoms. The number of hydrogen-bond donors (Lipinski definition) is 1. The van der Waals surface area contributed by atoms with E-state index in [2.05, 4.69) is 0 Å². The molecule has 0 aromatic heterocycles. The molecule has 17 heavy (non-hydrogen) atoms. The number of rotatable bonds is 5. The van der Waals surface area contributed by atoms with Gasteiger partial charge in [-0.3, -0.25) is 9.69 Å². The molecule has 1 aromatic rings. The van der Waals surface area contributed by atoms with Crippen molar-refractivity contribution in [1.29, 1.82) is 0 Å². The molecule has 0 saturated heterocycles. The Labute approximate surface area is 101 Å². The third kappa shape index (κ3) is 3.53. The topological polar surface area (TPSA) is 40.5 Å². The fraction of sp³-hybridized carbons (Fsp3) is 0.462. The van der Waals surface area contributed by atoms with Crippen LogP contribution in [-0.2, 0) is 11.2 Å². The number of carboxylic acids is 1. The summed E-state index contributed by atoms with van der Waals surface area (Å²) in [5, 5.41) is 8.91. The summed E-state index contributed by atoms with van der Waals surface area (Å²) in [6, 6.07) is 5.97. The second-order valence-electron chi connectivity index (χ2n) is 4.32. The van der Waals surface area contributed by atoms with E-state index in [4.69, 9.17) is 5.11 Å². The molecule has 0 heterocycles. The zero-order valence-electron chi connectivity index (χ0n) is 10.4. The largest absolute Gasteiger partial charge is 0.480 e. The molecule has 0 fully saturated rings. The van der Waals surface area contributed by atoms with Crippen molar-refractivity contribution in [2.24, 2.45) is 0 Å². The Morgan fingerprint density at radius 1 is 1.41 bits per heavy atom. The van der Waals surface area contributed by atoms with Gasteiger partial charge >= 0.3 is 5.97 Å². The molecule has 0 aliphatic rings. The highest BCUT2D eigenvalue weighted by Crippen LogP contribution is 2.13. The standard InChI is InChI=1S/C13H18FNO2/c1-9(15(3)10(2)13(16)17)8-11-6-4-5-7-12(11)14/h4-7,9-10H,8H2,1-3H3,(H,16,17). The molecule has 1 aromatic carbocycles. The van der Waals surface area contributed by atoms with Crippen molar-refractivity contribution in [3.05, 3.63) is 35.6 Å². The third-order valence-corrected chi connectivity index (χ3v) is 3.14. The third-order valence-electron chi connectivity index (χ3n) is 3.14. The van der Waals surface area contributed by atoms with Crippen molar-refractivity contribution in [3.63, 3.8) is 0 Å². The van der Waals surface area contributed by atoms with Gasteiger partial charge in [-0.05, 0) is 38.9 Å². The lowest BCUT2D eigenvalue weighted by Gasteiger charge is -2.28. The minimum Gasteiger partial charge on any atom is -0.480 e.